The van der Waals surface area contributed by atoms with Gasteiger partial charge < -0.3 is 14.2 Å². The van der Waals surface area contributed by atoms with Crippen LogP contribution in [0.2, 0.25) is 5.28 Å². The molecule has 0 amide bonds. The lowest BCUT2D eigenvalue weighted by Crippen LogP contribution is -2.10. The molecule has 4 rings (SSSR count). The van der Waals surface area contributed by atoms with Crippen LogP contribution < -0.4 is 9.47 Å². The van der Waals surface area contributed by atoms with E-state index in [9.17, 15) is 4.79 Å². The van der Waals surface area contributed by atoms with E-state index in [0.717, 1.165) is 11.1 Å². The van der Waals surface area contributed by atoms with Gasteiger partial charge in [0.25, 0.3) is 0 Å². The van der Waals surface area contributed by atoms with Gasteiger partial charge in [0.15, 0.2) is 0 Å². The molecule has 0 saturated carbocycles. The van der Waals surface area contributed by atoms with Gasteiger partial charge in [0.2, 0.25) is 5.28 Å². The van der Waals surface area contributed by atoms with Gasteiger partial charge in [-0.05, 0) is 34.4 Å². The van der Waals surface area contributed by atoms with Gasteiger partial charge in [-0.1, -0.05) is 72.8 Å². The molecule has 0 saturated heterocycles. The fourth-order valence-corrected chi connectivity index (χ4v) is 3.17. The number of hydrogen-bond donors (Lipinski definition) is 0. The van der Waals surface area contributed by atoms with Crippen molar-refractivity contribution in [2.75, 3.05) is 7.11 Å². The highest BCUT2D eigenvalue weighted by Crippen LogP contribution is 2.34. The van der Waals surface area contributed by atoms with E-state index in [2.05, 4.69) is 15.0 Å². The Morgan fingerprint density at radius 3 is 2.25 bits per heavy atom. The van der Waals surface area contributed by atoms with Crippen LogP contribution >= 0.6 is 11.6 Å². The first-order valence-corrected chi connectivity index (χ1v) is 10.0. The van der Waals surface area contributed by atoms with Crippen LogP contribution in [0.25, 0.3) is 11.1 Å². The Bertz CT molecular complexity index is 1220. The van der Waals surface area contributed by atoms with Crippen molar-refractivity contribution in [3.63, 3.8) is 0 Å². The Hall–Kier alpha value is -3.97. The first-order valence-electron chi connectivity index (χ1n) is 9.67. The average molecular weight is 448 g/mol. The third-order valence-corrected chi connectivity index (χ3v) is 4.65. The summed E-state index contributed by atoms with van der Waals surface area (Å²) in [5.41, 5.74) is 2.59. The summed E-state index contributed by atoms with van der Waals surface area (Å²) in [5, 5.41) is -0.0979. The van der Waals surface area contributed by atoms with Crippen molar-refractivity contribution in [2.45, 2.75) is 6.61 Å². The molecule has 0 aliphatic heterocycles. The van der Waals surface area contributed by atoms with Crippen LogP contribution in [0.5, 0.6) is 17.8 Å². The van der Waals surface area contributed by atoms with Gasteiger partial charge in [0.1, 0.15) is 17.9 Å². The van der Waals surface area contributed by atoms with Crippen LogP contribution in [0.3, 0.4) is 0 Å². The van der Waals surface area contributed by atoms with Crippen LogP contribution in [0.1, 0.15) is 15.9 Å². The summed E-state index contributed by atoms with van der Waals surface area (Å²) in [4.78, 5) is 25.0. The van der Waals surface area contributed by atoms with Crippen molar-refractivity contribution in [1.29, 1.82) is 0 Å². The maximum atomic E-state index is 13.2. The van der Waals surface area contributed by atoms with Gasteiger partial charge in [0.05, 0.1) is 7.11 Å². The zero-order valence-electron chi connectivity index (χ0n) is 17.1. The highest BCUT2D eigenvalue weighted by molar-refractivity contribution is 6.28. The molecule has 32 heavy (non-hydrogen) atoms. The molecular formula is C24H18ClN3O4. The number of carbonyl (C=O) groups is 1. The maximum absolute atomic E-state index is 13.2. The van der Waals surface area contributed by atoms with Crippen molar-refractivity contribution in [3.8, 4) is 28.9 Å². The summed E-state index contributed by atoms with van der Waals surface area (Å²) in [7, 11) is 1.40. The minimum Gasteiger partial charge on any atom is -0.467 e. The monoisotopic (exact) mass is 447 g/mol. The molecule has 0 atom stereocenters. The quantitative estimate of drug-likeness (QED) is 0.353. The number of carbonyl (C=O) groups excluding carboxylic acids is 1. The third kappa shape index (κ3) is 5.01. The van der Waals surface area contributed by atoms with E-state index in [-0.39, 0.29) is 35.2 Å². The van der Waals surface area contributed by atoms with Crippen molar-refractivity contribution in [2.24, 2.45) is 0 Å². The van der Waals surface area contributed by atoms with Gasteiger partial charge >= 0.3 is 18.0 Å². The van der Waals surface area contributed by atoms with E-state index in [1.807, 2.05) is 66.7 Å². The van der Waals surface area contributed by atoms with E-state index in [1.54, 1.807) is 12.1 Å². The largest absolute Gasteiger partial charge is 0.467 e. The number of rotatable bonds is 7. The molecule has 160 valence electrons. The Morgan fingerprint density at radius 2 is 1.53 bits per heavy atom. The number of ether oxygens (including phenoxy) is 3. The molecule has 8 heteroatoms. The van der Waals surface area contributed by atoms with Gasteiger partial charge in [-0.3, -0.25) is 0 Å². The first-order chi connectivity index (χ1) is 15.6. The lowest BCUT2D eigenvalue weighted by Gasteiger charge is -2.15. The van der Waals surface area contributed by atoms with Crippen molar-refractivity contribution in [1.82, 2.24) is 15.0 Å². The van der Waals surface area contributed by atoms with Crippen LogP contribution in [0.4, 0.5) is 0 Å². The fraction of sp³-hybridized carbons (Fsp3) is 0.0833. The second-order valence-corrected chi connectivity index (χ2v) is 6.92. The van der Waals surface area contributed by atoms with Crippen molar-refractivity contribution < 1.29 is 19.0 Å². The summed E-state index contributed by atoms with van der Waals surface area (Å²) in [6.07, 6.45) is 0. The van der Waals surface area contributed by atoms with E-state index in [4.69, 9.17) is 25.8 Å². The third-order valence-electron chi connectivity index (χ3n) is 4.48. The second-order valence-electron chi connectivity index (χ2n) is 6.58. The van der Waals surface area contributed by atoms with Gasteiger partial charge in [-0.2, -0.15) is 9.97 Å². The molecule has 0 radical (unpaired) electrons. The minimum atomic E-state index is -0.546. The molecule has 7 nitrogen and oxygen atoms in total. The maximum Gasteiger partial charge on any atom is 0.342 e. The average Bonchev–Trinajstić information content (AvgIpc) is 2.83. The standard InChI is InChI=1S/C24H18ClN3O4/c1-30-23-26-22(25)27-24(28-23)32-19-14-8-13-18(17-11-6-3-7-12-17)20(19)21(29)31-15-16-9-4-2-5-10-16/h2-14H,15H2,1H3. The fourth-order valence-electron chi connectivity index (χ4n) is 3.03. The molecule has 0 fully saturated rings. The smallest absolute Gasteiger partial charge is 0.342 e. The normalized spacial score (nSPS) is 10.4. The van der Waals surface area contributed by atoms with Gasteiger partial charge in [-0.25, -0.2) is 4.79 Å². The lowest BCUT2D eigenvalue weighted by atomic mass is 9.99. The number of esters is 1. The van der Waals surface area contributed by atoms with Crippen molar-refractivity contribution in [3.05, 3.63) is 95.3 Å². The number of hydrogen-bond acceptors (Lipinski definition) is 7. The molecule has 0 aliphatic carbocycles. The van der Waals surface area contributed by atoms with Gasteiger partial charge in [-0.15, -0.1) is 4.98 Å². The summed E-state index contributed by atoms with van der Waals surface area (Å²) >= 11 is 5.93. The van der Waals surface area contributed by atoms with Crippen LogP contribution in [0, 0.1) is 0 Å². The molecule has 0 aliphatic rings. The van der Waals surface area contributed by atoms with Crippen molar-refractivity contribution >= 4 is 17.6 Å². The van der Waals surface area contributed by atoms with Gasteiger partial charge in [0, 0.05) is 0 Å². The number of methoxy groups -OCH3 is 1. The van der Waals surface area contributed by atoms with E-state index in [1.165, 1.54) is 7.11 Å². The second kappa shape index (κ2) is 9.89. The number of benzene rings is 3. The summed E-state index contributed by atoms with van der Waals surface area (Å²) in [5.74, 6) is -0.329. The lowest BCUT2D eigenvalue weighted by molar-refractivity contribution is 0.0470. The Balaban J connectivity index is 1.72. The highest BCUT2D eigenvalue weighted by atomic mass is 35.5. The first kappa shape index (κ1) is 21.3. The van der Waals surface area contributed by atoms with Crippen LogP contribution in [0.15, 0.2) is 78.9 Å². The topological polar surface area (TPSA) is 83.4 Å². The highest BCUT2D eigenvalue weighted by Gasteiger charge is 2.22. The molecule has 0 spiro atoms. The van der Waals surface area contributed by atoms with E-state index < -0.39 is 5.97 Å². The number of halogens is 1. The summed E-state index contributed by atoms with van der Waals surface area (Å²) in [6.45, 7) is 0.119. The Kier molecular flexibility index (Phi) is 6.57. The zero-order chi connectivity index (χ0) is 22.3. The number of aromatic nitrogens is 3. The molecule has 0 unspecified atom stereocenters. The molecule has 0 bridgehead atoms. The minimum absolute atomic E-state index is 0.00702. The predicted octanol–water partition coefficient (Wildman–Crippen LogP) is 5.35. The molecule has 4 aromatic rings. The van der Waals surface area contributed by atoms with Crippen LogP contribution in [-0.2, 0) is 11.3 Å². The molecule has 1 heterocycles. The molecule has 0 N–H and O–H groups in total. The predicted molar refractivity (Wildman–Crippen MR) is 119 cm³/mol. The Labute approximate surface area is 189 Å². The molecular weight excluding hydrogens is 430 g/mol. The molecule has 3 aromatic carbocycles. The summed E-state index contributed by atoms with van der Waals surface area (Å²) in [6, 6.07) is 24.0. The SMILES string of the molecule is COc1nc(Cl)nc(Oc2cccc(-c3ccccc3)c2C(=O)OCc2ccccc2)n1. The number of nitrogens with zero attached hydrogens (tertiary/aromatic N) is 3. The van der Waals surface area contributed by atoms with E-state index >= 15 is 0 Å². The zero-order valence-corrected chi connectivity index (χ0v) is 17.8. The summed E-state index contributed by atoms with van der Waals surface area (Å²) < 4.78 is 16.5. The molecule has 1 aromatic heterocycles. The van der Waals surface area contributed by atoms with E-state index in [0.29, 0.717) is 5.56 Å². The van der Waals surface area contributed by atoms with Crippen LogP contribution in [-0.4, -0.2) is 28.0 Å². The Morgan fingerprint density at radius 1 is 0.844 bits per heavy atom.